The second kappa shape index (κ2) is 8.24. The lowest BCUT2D eigenvalue weighted by Gasteiger charge is -2.33. The smallest absolute Gasteiger partial charge is 0.237 e. The number of hydrogen-bond acceptors (Lipinski definition) is 8. The van der Waals surface area contributed by atoms with Crippen molar-refractivity contribution in [2.45, 2.75) is 25.9 Å². The van der Waals surface area contributed by atoms with E-state index < -0.39 is 0 Å². The molecule has 2 aromatic heterocycles. The minimum Gasteiger partial charge on any atom is -0.487 e. The second-order valence-electron chi connectivity index (χ2n) is 6.77. The molecule has 8 nitrogen and oxygen atoms in total. The van der Waals surface area contributed by atoms with Crippen LogP contribution in [0.1, 0.15) is 13.8 Å². The number of hydrogen-bond donors (Lipinski definition) is 0. The van der Waals surface area contributed by atoms with Crippen LogP contribution in [0.2, 0.25) is 0 Å². The third-order valence-corrected chi connectivity index (χ3v) is 4.92. The van der Waals surface area contributed by atoms with Crippen molar-refractivity contribution in [2.75, 3.05) is 37.1 Å². The molecule has 4 rings (SSSR count). The molecule has 4 heterocycles. The van der Waals surface area contributed by atoms with Crippen LogP contribution in [0, 0.1) is 0 Å². The number of nitrogens with zero attached hydrogens (tertiary/aromatic N) is 4. The van der Waals surface area contributed by atoms with Gasteiger partial charge in [0.25, 0.3) is 0 Å². The van der Waals surface area contributed by atoms with Gasteiger partial charge in [0, 0.05) is 26.5 Å². The Labute approximate surface area is 164 Å². The van der Waals surface area contributed by atoms with Crippen molar-refractivity contribution >= 4 is 22.9 Å². The first kappa shape index (κ1) is 19.6. The number of ether oxygens (including phenoxy) is 2. The third kappa shape index (κ3) is 3.90. The van der Waals surface area contributed by atoms with Gasteiger partial charge in [-0.1, -0.05) is 0 Å². The third-order valence-electron chi connectivity index (χ3n) is 4.92. The molecule has 2 aliphatic rings. The summed E-state index contributed by atoms with van der Waals surface area (Å²) < 4.78 is 10.8. The quantitative estimate of drug-likeness (QED) is 0.774. The molecular formula is C20H24N4O4. The normalized spacial score (nSPS) is 19.9. The first-order chi connectivity index (χ1) is 13.4. The standard InChI is InChI=1S/2C10H12N2O2/c1-7(13)9-6-14-10-5-11-4-3-8(10)12(9)2;1-7(13)9-6-14-10-8(12(9)2)4-3-5-11-10/h2*3-5,9H,6H2,1-2H3. The Balaban J connectivity index is 0.000000161. The van der Waals surface area contributed by atoms with Gasteiger partial charge in [0.05, 0.1) is 11.9 Å². The van der Waals surface area contributed by atoms with Crippen molar-refractivity contribution in [3.05, 3.63) is 36.8 Å². The summed E-state index contributed by atoms with van der Waals surface area (Å²) in [5.74, 6) is 1.58. The number of likely N-dealkylation sites (N-methyl/N-ethyl adjacent to an activating group) is 2. The number of fused-ring (bicyclic) bond motifs is 2. The van der Waals surface area contributed by atoms with Gasteiger partial charge in [-0.2, -0.15) is 0 Å². The fourth-order valence-corrected chi connectivity index (χ4v) is 3.20. The Hall–Kier alpha value is -3.16. The van der Waals surface area contributed by atoms with Crippen LogP contribution in [0.5, 0.6) is 11.6 Å². The van der Waals surface area contributed by atoms with E-state index in [1.54, 1.807) is 32.4 Å². The van der Waals surface area contributed by atoms with Gasteiger partial charge in [-0.05, 0) is 32.0 Å². The number of aromatic nitrogens is 2. The number of Topliss-reactive ketones (excluding diaryl/α,β-unsaturated/α-hetero) is 2. The predicted molar refractivity (Wildman–Crippen MR) is 105 cm³/mol. The number of rotatable bonds is 2. The Kier molecular flexibility index (Phi) is 5.77. The summed E-state index contributed by atoms with van der Waals surface area (Å²) in [6.07, 6.45) is 5.05. The van der Waals surface area contributed by atoms with Crippen LogP contribution in [0.15, 0.2) is 36.8 Å². The van der Waals surface area contributed by atoms with E-state index in [4.69, 9.17) is 9.47 Å². The maximum Gasteiger partial charge on any atom is 0.237 e. The van der Waals surface area contributed by atoms with Gasteiger partial charge >= 0.3 is 0 Å². The lowest BCUT2D eigenvalue weighted by atomic mass is 10.1. The van der Waals surface area contributed by atoms with E-state index in [1.807, 2.05) is 42.1 Å². The van der Waals surface area contributed by atoms with Gasteiger partial charge in [0.15, 0.2) is 17.3 Å². The summed E-state index contributed by atoms with van der Waals surface area (Å²) in [7, 11) is 3.78. The van der Waals surface area contributed by atoms with E-state index in [1.165, 1.54) is 0 Å². The molecule has 0 aliphatic carbocycles. The SMILES string of the molecule is CC(=O)C1COc2cnccc2N1C.CC(=O)C1COc2ncccc2N1C. The highest BCUT2D eigenvalue weighted by Crippen LogP contribution is 2.31. The topological polar surface area (TPSA) is 84.9 Å². The molecule has 0 radical (unpaired) electrons. The summed E-state index contributed by atoms with van der Waals surface area (Å²) in [4.78, 5) is 34.5. The molecule has 0 bridgehead atoms. The maximum atomic E-state index is 11.3. The average Bonchev–Trinajstić information content (AvgIpc) is 2.69. The molecule has 8 heteroatoms. The zero-order valence-corrected chi connectivity index (χ0v) is 16.5. The van der Waals surface area contributed by atoms with Crippen molar-refractivity contribution in [3.8, 4) is 11.6 Å². The molecule has 0 saturated carbocycles. The molecule has 0 amide bonds. The molecule has 0 spiro atoms. The van der Waals surface area contributed by atoms with Crippen LogP contribution in [-0.2, 0) is 9.59 Å². The summed E-state index contributed by atoms with van der Waals surface area (Å²) in [5, 5.41) is 0. The molecule has 2 unspecified atom stereocenters. The Bertz CT molecular complexity index is 801. The van der Waals surface area contributed by atoms with Crippen LogP contribution in [0.3, 0.4) is 0 Å². The minimum absolute atomic E-state index is 0.113. The number of pyridine rings is 2. The van der Waals surface area contributed by atoms with Gasteiger partial charge in [0.2, 0.25) is 5.88 Å². The van der Waals surface area contributed by atoms with Crippen molar-refractivity contribution in [1.29, 1.82) is 0 Å². The van der Waals surface area contributed by atoms with Gasteiger partial charge in [0.1, 0.15) is 31.0 Å². The number of ketones is 2. The highest BCUT2D eigenvalue weighted by atomic mass is 16.5. The Morgan fingerprint density at radius 1 is 0.964 bits per heavy atom. The predicted octanol–water partition coefficient (Wildman–Crippen LogP) is 1.74. The van der Waals surface area contributed by atoms with E-state index in [0.29, 0.717) is 19.1 Å². The van der Waals surface area contributed by atoms with Gasteiger partial charge < -0.3 is 19.3 Å². The number of carbonyl (C=O) groups excluding carboxylic acids is 2. The summed E-state index contributed by atoms with van der Waals surface area (Å²) in [5.41, 5.74) is 1.80. The van der Waals surface area contributed by atoms with E-state index in [-0.39, 0.29) is 23.7 Å². The van der Waals surface area contributed by atoms with Crippen LogP contribution >= 0.6 is 0 Å². The molecule has 148 valence electrons. The highest BCUT2D eigenvalue weighted by molar-refractivity contribution is 5.87. The molecule has 2 atom stereocenters. The summed E-state index contributed by atoms with van der Waals surface area (Å²) >= 11 is 0. The summed E-state index contributed by atoms with van der Waals surface area (Å²) in [6, 6.07) is 5.22. The zero-order chi connectivity index (χ0) is 20.3. The lowest BCUT2D eigenvalue weighted by molar-refractivity contribution is -0.119. The van der Waals surface area contributed by atoms with Gasteiger partial charge in [-0.3, -0.25) is 14.6 Å². The maximum absolute atomic E-state index is 11.3. The fourth-order valence-electron chi connectivity index (χ4n) is 3.20. The number of carbonyl (C=O) groups is 2. The monoisotopic (exact) mass is 384 g/mol. The molecule has 28 heavy (non-hydrogen) atoms. The molecular weight excluding hydrogens is 360 g/mol. The van der Waals surface area contributed by atoms with E-state index in [0.717, 1.165) is 17.1 Å². The zero-order valence-electron chi connectivity index (χ0n) is 16.5. The van der Waals surface area contributed by atoms with Crippen molar-refractivity contribution in [3.63, 3.8) is 0 Å². The van der Waals surface area contributed by atoms with Gasteiger partial charge in [-0.25, -0.2) is 4.98 Å². The molecule has 0 aromatic carbocycles. The Morgan fingerprint density at radius 2 is 1.61 bits per heavy atom. The molecule has 0 saturated heterocycles. The largest absolute Gasteiger partial charge is 0.487 e. The van der Waals surface area contributed by atoms with Crippen molar-refractivity contribution < 1.29 is 19.1 Å². The van der Waals surface area contributed by atoms with E-state index >= 15 is 0 Å². The van der Waals surface area contributed by atoms with Crippen LogP contribution < -0.4 is 19.3 Å². The average molecular weight is 384 g/mol. The molecule has 0 fully saturated rings. The second-order valence-corrected chi connectivity index (χ2v) is 6.77. The summed E-state index contributed by atoms with van der Waals surface area (Å²) in [6.45, 7) is 3.95. The lowest BCUT2D eigenvalue weighted by Crippen LogP contribution is -2.45. The van der Waals surface area contributed by atoms with E-state index in [9.17, 15) is 9.59 Å². The first-order valence-electron chi connectivity index (χ1n) is 9.01. The molecule has 0 N–H and O–H groups in total. The van der Waals surface area contributed by atoms with Crippen LogP contribution in [0.25, 0.3) is 0 Å². The van der Waals surface area contributed by atoms with Gasteiger partial charge in [-0.15, -0.1) is 0 Å². The minimum atomic E-state index is -0.188. The fraction of sp³-hybridized carbons (Fsp3) is 0.400. The highest BCUT2D eigenvalue weighted by Gasteiger charge is 2.29. The van der Waals surface area contributed by atoms with E-state index in [2.05, 4.69) is 9.97 Å². The van der Waals surface area contributed by atoms with Crippen LogP contribution in [-0.4, -0.2) is 60.9 Å². The Morgan fingerprint density at radius 3 is 2.29 bits per heavy atom. The molecule has 2 aromatic rings. The van der Waals surface area contributed by atoms with Crippen LogP contribution in [0.4, 0.5) is 11.4 Å². The number of anilines is 2. The van der Waals surface area contributed by atoms with Crippen molar-refractivity contribution in [1.82, 2.24) is 9.97 Å². The van der Waals surface area contributed by atoms with Crippen molar-refractivity contribution in [2.24, 2.45) is 0 Å². The molecule has 2 aliphatic heterocycles. The first-order valence-corrected chi connectivity index (χ1v) is 9.01.